The topological polar surface area (TPSA) is 81.8 Å². The van der Waals surface area contributed by atoms with Gasteiger partial charge in [-0.25, -0.2) is 4.90 Å². The quantitative estimate of drug-likeness (QED) is 0.512. The SMILES string of the molecule is CC(=O)Nc1ccc(NC2=C(c3ccc(C)c(C)c3)C(=O)N(c3cccc(N(C)C)c3)C2=O)cc1. The van der Waals surface area contributed by atoms with Gasteiger partial charge in [-0.05, 0) is 73.0 Å². The number of aryl methyl sites for hydroxylation is 2. The van der Waals surface area contributed by atoms with Crippen molar-refractivity contribution < 1.29 is 14.4 Å². The lowest BCUT2D eigenvalue weighted by Crippen LogP contribution is -2.32. The zero-order chi connectivity index (χ0) is 25.3. The number of nitrogens with zero attached hydrogens (tertiary/aromatic N) is 2. The monoisotopic (exact) mass is 468 g/mol. The van der Waals surface area contributed by atoms with Crippen LogP contribution in [-0.4, -0.2) is 31.8 Å². The van der Waals surface area contributed by atoms with E-state index in [9.17, 15) is 14.4 Å². The van der Waals surface area contributed by atoms with Gasteiger partial charge in [-0.2, -0.15) is 0 Å². The van der Waals surface area contributed by atoms with E-state index >= 15 is 0 Å². The standard InChI is InChI=1S/C28H28N4O3/c1-17-9-10-20(15-18(17)2)25-26(30-22-13-11-21(12-14-22)29-19(3)33)28(35)32(27(25)34)24-8-6-7-23(16-24)31(4)5/h6-16,30H,1-5H3,(H,29,33). The van der Waals surface area contributed by atoms with Crippen LogP contribution in [0, 0.1) is 13.8 Å². The van der Waals surface area contributed by atoms with Gasteiger partial charge in [-0.1, -0.05) is 24.3 Å². The minimum Gasteiger partial charge on any atom is -0.378 e. The molecule has 0 aliphatic carbocycles. The Morgan fingerprint density at radius 2 is 1.51 bits per heavy atom. The molecule has 3 aromatic rings. The maximum atomic E-state index is 13.7. The van der Waals surface area contributed by atoms with Crippen LogP contribution in [0.2, 0.25) is 0 Å². The van der Waals surface area contributed by atoms with Crippen LogP contribution in [0.1, 0.15) is 23.6 Å². The molecule has 3 aromatic carbocycles. The fourth-order valence-electron chi connectivity index (χ4n) is 3.94. The van der Waals surface area contributed by atoms with Crippen molar-refractivity contribution in [2.24, 2.45) is 0 Å². The van der Waals surface area contributed by atoms with Crippen molar-refractivity contribution in [1.82, 2.24) is 0 Å². The third kappa shape index (κ3) is 4.80. The van der Waals surface area contributed by atoms with Gasteiger partial charge in [-0.15, -0.1) is 0 Å². The van der Waals surface area contributed by atoms with E-state index in [0.717, 1.165) is 16.8 Å². The normalized spacial score (nSPS) is 13.3. The van der Waals surface area contributed by atoms with E-state index in [0.29, 0.717) is 28.2 Å². The van der Waals surface area contributed by atoms with Crippen molar-refractivity contribution in [3.8, 4) is 0 Å². The number of imide groups is 1. The molecular formula is C28H28N4O3. The number of nitrogens with one attached hydrogen (secondary N) is 2. The summed E-state index contributed by atoms with van der Waals surface area (Å²) < 4.78 is 0. The van der Waals surface area contributed by atoms with Gasteiger partial charge in [-0.3, -0.25) is 14.4 Å². The largest absolute Gasteiger partial charge is 0.378 e. The number of anilines is 4. The second-order valence-corrected chi connectivity index (χ2v) is 8.79. The van der Waals surface area contributed by atoms with Crippen LogP contribution in [0.15, 0.2) is 72.4 Å². The number of carbonyl (C=O) groups is 3. The predicted molar refractivity (Wildman–Crippen MR) is 140 cm³/mol. The second kappa shape index (κ2) is 9.46. The molecule has 2 N–H and O–H groups in total. The highest BCUT2D eigenvalue weighted by Gasteiger charge is 2.40. The first-order valence-electron chi connectivity index (χ1n) is 11.3. The molecule has 0 atom stereocenters. The van der Waals surface area contributed by atoms with E-state index in [2.05, 4.69) is 10.6 Å². The fourth-order valence-corrected chi connectivity index (χ4v) is 3.94. The Kier molecular flexibility index (Phi) is 6.42. The molecule has 1 heterocycles. The number of rotatable bonds is 6. The summed E-state index contributed by atoms with van der Waals surface area (Å²) in [4.78, 5) is 41.8. The van der Waals surface area contributed by atoms with Gasteiger partial charge in [0.05, 0.1) is 11.3 Å². The first kappa shape index (κ1) is 23.8. The van der Waals surface area contributed by atoms with Gasteiger partial charge in [0.25, 0.3) is 11.8 Å². The van der Waals surface area contributed by atoms with Crippen LogP contribution >= 0.6 is 0 Å². The van der Waals surface area contributed by atoms with E-state index in [4.69, 9.17) is 0 Å². The van der Waals surface area contributed by atoms with Gasteiger partial charge in [0.15, 0.2) is 0 Å². The van der Waals surface area contributed by atoms with Crippen molar-refractivity contribution in [1.29, 1.82) is 0 Å². The molecule has 35 heavy (non-hydrogen) atoms. The Morgan fingerprint density at radius 1 is 0.829 bits per heavy atom. The third-order valence-corrected chi connectivity index (χ3v) is 5.96. The zero-order valence-corrected chi connectivity index (χ0v) is 20.5. The molecule has 0 unspecified atom stereocenters. The first-order valence-corrected chi connectivity index (χ1v) is 11.3. The van der Waals surface area contributed by atoms with E-state index in [1.807, 2.05) is 69.2 Å². The summed E-state index contributed by atoms with van der Waals surface area (Å²) in [6.45, 7) is 5.42. The van der Waals surface area contributed by atoms with Crippen LogP contribution < -0.4 is 20.4 Å². The van der Waals surface area contributed by atoms with Crippen LogP contribution in [0.5, 0.6) is 0 Å². The van der Waals surface area contributed by atoms with Crippen molar-refractivity contribution >= 4 is 46.0 Å². The Hall–Kier alpha value is -4.39. The van der Waals surface area contributed by atoms with E-state index in [1.165, 1.54) is 11.8 Å². The van der Waals surface area contributed by atoms with Crippen LogP contribution in [0.25, 0.3) is 5.57 Å². The Bertz CT molecular complexity index is 1360. The number of amides is 3. The van der Waals surface area contributed by atoms with Gasteiger partial charge in [0, 0.05) is 38.1 Å². The van der Waals surface area contributed by atoms with Gasteiger partial charge < -0.3 is 15.5 Å². The second-order valence-electron chi connectivity index (χ2n) is 8.79. The van der Waals surface area contributed by atoms with Crippen molar-refractivity contribution in [2.75, 3.05) is 34.5 Å². The van der Waals surface area contributed by atoms with Crippen molar-refractivity contribution in [2.45, 2.75) is 20.8 Å². The van der Waals surface area contributed by atoms with Gasteiger partial charge in [0.1, 0.15) is 5.70 Å². The highest BCUT2D eigenvalue weighted by atomic mass is 16.2. The summed E-state index contributed by atoms with van der Waals surface area (Å²) in [7, 11) is 3.81. The molecular weight excluding hydrogens is 440 g/mol. The number of carbonyl (C=O) groups excluding carboxylic acids is 3. The summed E-state index contributed by atoms with van der Waals surface area (Å²) in [5.41, 5.74) is 5.99. The molecule has 0 fully saturated rings. The van der Waals surface area contributed by atoms with E-state index < -0.39 is 5.91 Å². The smallest absolute Gasteiger partial charge is 0.282 e. The average molecular weight is 469 g/mol. The molecule has 0 spiro atoms. The summed E-state index contributed by atoms with van der Waals surface area (Å²) in [5, 5.41) is 5.88. The lowest BCUT2D eigenvalue weighted by Gasteiger charge is -2.19. The molecule has 1 aliphatic heterocycles. The Labute approximate surface area is 205 Å². The molecule has 7 nitrogen and oxygen atoms in total. The average Bonchev–Trinajstić information content (AvgIpc) is 3.06. The van der Waals surface area contributed by atoms with Gasteiger partial charge >= 0.3 is 0 Å². The molecule has 0 aromatic heterocycles. The molecule has 0 bridgehead atoms. The highest BCUT2D eigenvalue weighted by molar-refractivity contribution is 6.46. The predicted octanol–water partition coefficient (Wildman–Crippen LogP) is 4.72. The third-order valence-electron chi connectivity index (χ3n) is 5.96. The fraction of sp³-hybridized carbons (Fsp3) is 0.179. The molecule has 3 amide bonds. The van der Waals surface area contributed by atoms with E-state index in [-0.39, 0.29) is 17.5 Å². The molecule has 4 rings (SSSR count). The minimum absolute atomic E-state index is 0.169. The first-order chi connectivity index (χ1) is 16.7. The van der Waals surface area contributed by atoms with Crippen molar-refractivity contribution in [3.05, 3.63) is 89.1 Å². The van der Waals surface area contributed by atoms with Crippen LogP contribution in [0.4, 0.5) is 22.7 Å². The Morgan fingerprint density at radius 3 is 2.14 bits per heavy atom. The molecule has 1 aliphatic rings. The lowest BCUT2D eigenvalue weighted by molar-refractivity contribution is -0.120. The van der Waals surface area contributed by atoms with Gasteiger partial charge in [0.2, 0.25) is 5.91 Å². The van der Waals surface area contributed by atoms with E-state index in [1.54, 1.807) is 30.3 Å². The summed E-state index contributed by atoms with van der Waals surface area (Å²) in [5.74, 6) is -0.978. The zero-order valence-electron chi connectivity index (χ0n) is 20.5. The molecule has 0 saturated carbocycles. The molecule has 7 heteroatoms. The summed E-state index contributed by atoms with van der Waals surface area (Å²) in [6.07, 6.45) is 0. The lowest BCUT2D eigenvalue weighted by atomic mass is 9.99. The molecule has 0 radical (unpaired) electrons. The number of hydrogen-bond donors (Lipinski definition) is 2. The summed E-state index contributed by atoms with van der Waals surface area (Å²) >= 11 is 0. The van der Waals surface area contributed by atoms with Crippen LogP contribution in [0.3, 0.4) is 0 Å². The van der Waals surface area contributed by atoms with Crippen molar-refractivity contribution in [3.63, 3.8) is 0 Å². The molecule has 178 valence electrons. The number of benzene rings is 3. The molecule has 0 saturated heterocycles. The maximum absolute atomic E-state index is 13.7. The highest BCUT2D eigenvalue weighted by Crippen LogP contribution is 2.35. The Balaban J connectivity index is 1.78. The number of hydrogen-bond acceptors (Lipinski definition) is 5. The van der Waals surface area contributed by atoms with Crippen LogP contribution in [-0.2, 0) is 14.4 Å². The summed E-state index contributed by atoms with van der Waals surface area (Å²) in [6, 6.07) is 20.0. The minimum atomic E-state index is -0.426. The maximum Gasteiger partial charge on any atom is 0.282 e.